The number of aromatic nitrogens is 2. The van der Waals surface area contributed by atoms with Crippen LogP contribution in [-0.2, 0) is 0 Å². The quantitative estimate of drug-likeness (QED) is 0.331. The first kappa shape index (κ1) is 25.7. The molecule has 1 amide bonds. The Morgan fingerprint density at radius 3 is 2.41 bits per heavy atom. The van der Waals surface area contributed by atoms with E-state index in [0.717, 1.165) is 23.2 Å². The van der Waals surface area contributed by atoms with Crippen LogP contribution in [0.25, 0.3) is 0 Å². The minimum Gasteiger partial charge on any atom is -0.505 e. The van der Waals surface area contributed by atoms with Crippen LogP contribution >= 0.6 is 27.7 Å². The van der Waals surface area contributed by atoms with Gasteiger partial charge in [-0.2, -0.15) is 8.75 Å². The molecule has 0 unspecified atom stereocenters. The third-order valence-corrected chi connectivity index (χ3v) is 5.87. The predicted molar refractivity (Wildman–Crippen MR) is 133 cm³/mol. The Morgan fingerprint density at radius 1 is 1.19 bits per heavy atom. The summed E-state index contributed by atoms with van der Waals surface area (Å²) in [6, 6.07) is 7.10. The zero-order valence-corrected chi connectivity index (χ0v) is 20.7. The van der Waals surface area contributed by atoms with E-state index in [0.29, 0.717) is 21.8 Å². The lowest BCUT2D eigenvalue weighted by molar-refractivity contribution is 0.0824. The summed E-state index contributed by atoms with van der Waals surface area (Å²) in [5, 5.41) is 17.3. The van der Waals surface area contributed by atoms with Gasteiger partial charge in [-0.3, -0.25) is 4.79 Å². The van der Waals surface area contributed by atoms with E-state index in [4.69, 9.17) is 4.42 Å². The van der Waals surface area contributed by atoms with Crippen LogP contribution in [0.2, 0.25) is 0 Å². The van der Waals surface area contributed by atoms with Crippen LogP contribution in [0.5, 0.6) is 5.75 Å². The Kier molecular flexibility index (Phi) is 7.95. The summed E-state index contributed by atoms with van der Waals surface area (Å²) in [6.45, 7) is 8.23. The number of nitrogens with one attached hydrogen (secondary N) is 2. The summed E-state index contributed by atoms with van der Waals surface area (Å²) in [6.07, 6.45) is 0. The van der Waals surface area contributed by atoms with Crippen molar-refractivity contribution in [3.8, 4) is 5.75 Å². The highest BCUT2D eigenvalue weighted by atomic mass is 79.9. The van der Waals surface area contributed by atoms with Crippen molar-refractivity contribution in [2.24, 2.45) is 5.41 Å². The number of benzene rings is 1. The fourth-order valence-corrected chi connectivity index (χ4v) is 4.01. The van der Waals surface area contributed by atoms with Crippen molar-refractivity contribution in [1.29, 1.82) is 0 Å². The van der Waals surface area contributed by atoms with Crippen LogP contribution in [0, 0.1) is 12.3 Å². The molecule has 3 N–H and O–H groups in total. The van der Waals surface area contributed by atoms with Crippen LogP contribution in [0.4, 0.5) is 17.3 Å². The molecule has 0 saturated carbocycles. The van der Waals surface area contributed by atoms with Gasteiger partial charge >= 0.3 is 0 Å². The molecule has 174 valence electrons. The molecule has 0 spiro atoms. The molecular formula is C22H30BrN5O3S. The second kappa shape index (κ2) is 9.91. The maximum Gasteiger partial charge on any atom is 0.258 e. The molecule has 2 heterocycles. The van der Waals surface area contributed by atoms with E-state index in [-0.39, 0.29) is 36.1 Å². The third-order valence-electron chi connectivity index (χ3n) is 4.68. The molecule has 0 radical (unpaired) electrons. The lowest BCUT2D eigenvalue weighted by Crippen LogP contribution is -2.25. The summed E-state index contributed by atoms with van der Waals surface area (Å²) < 4.78 is 15.1. The van der Waals surface area contributed by atoms with E-state index in [1.807, 2.05) is 19.1 Å². The normalized spacial score (nSPS) is 12.1. The van der Waals surface area contributed by atoms with Crippen molar-refractivity contribution in [3.63, 3.8) is 0 Å². The Morgan fingerprint density at radius 2 is 1.84 bits per heavy atom. The molecule has 0 aliphatic heterocycles. The molecule has 3 aromatic rings. The molecule has 0 bridgehead atoms. The largest absolute Gasteiger partial charge is 0.505 e. The van der Waals surface area contributed by atoms with Gasteiger partial charge in [0.25, 0.3) is 5.91 Å². The molecule has 0 aliphatic carbocycles. The van der Waals surface area contributed by atoms with Crippen LogP contribution < -0.4 is 10.6 Å². The molecule has 1 aromatic carbocycles. The fourth-order valence-electron chi connectivity index (χ4n) is 3.05. The minimum absolute atomic E-state index is 0. The van der Waals surface area contributed by atoms with E-state index in [1.165, 1.54) is 4.90 Å². The van der Waals surface area contributed by atoms with Gasteiger partial charge in [0.15, 0.2) is 17.4 Å². The monoisotopic (exact) mass is 523 g/mol. The summed E-state index contributed by atoms with van der Waals surface area (Å²) >= 11 is 4.38. The summed E-state index contributed by atoms with van der Waals surface area (Å²) in [4.78, 5) is 13.9. The van der Waals surface area contributed by atoms with E-state index in [1.54, 1.807) is 26.2 Å². The number of phenolic OH excluding ortho intramolecular Hbond substituents is 1. The van der Waals surface area contributed by atoms with Gasteiger partial charge in [0, 0.05) is 18.6 Å². The molecule has 1 atom stereocenters. The van der Waals surface area contributed by atoms with Crippen LogP contribution in [0.15, 0.2) is 33.2 Å². The average molecular weight is 524 g/mol. The molecular weight excluding hydrogens is 494 g/mol. The Hall–Kier alpha value is -2.59. The summed E-state index contributed by atoms with van der Waals surface area (Å²) in [5.74, 6) is 2.13. The van der Waals surface area contributed by atoms with Crippen LogP contribution in [0.3, 0.4) is 0 Å². The molecule has 0 aliphatic rings. The van der Waals surface area contributed by atoms with Crippen molar-refractivity contribution in [2.75, 3.05) is 24.7 Å². The lowest BCUT2D eigenvalue weighted by Gasteiger charge is -2.30. The Bertz CT molecular complexity index is 1090. The maximum absolute atomic E-state index is 12.5. The van der Waals surface area contributed by atoms with Crippen molar-refractivity contribution in [1.82, 2.24) is 13.6 Å². The molecule has 0 saturated heterocycles. The minimum atomic E-state index is -0.316. The molecule has 3 rings (SSSR count). The molecule has 10 heteroatoms. The average Bonchev–Trinajstić information content (AvgIpc) is 3.29. The first-order valence-corrected chi connectivity index (χ1v) is 11.2. The maximum atomic E-state index is 12.5. The predicted octanol–water partition coefficient (Wildman–Crippen LogP) is 6.19. The lowest BCUT2D eigenvalue weighted by atomic mass is 9.85. The van der Waals surface area contributed by atoms with Gasteiger partial charge in [-0.15, -0.1) is 0 Å². The number of halogens is 1. The number of anilines is 3. The number of phenols is 1. The molecule has 8 nitrogen and oxygen atoms in total. The highest BCUT2D eigenvalue weighted by Gasteiger charge is 2.31. The van der Waals surface area contributed by atoms with E-state index in [9.17, 15) is 9.90 Å². The third kappa shape index (κ3) is 5.42. The number of carbonyl (C=O) groups excluding carboxylic acids is 1. The van der Waals surface area contributed by atoms with E-state index in [2.05, 4.69) is 56.1 Å². The SMILES string of the molecule is C.Cc1ccc([C@H](Nc2nsnc2Nc2ccc(Br)c(C(=O)N(C)C)c2O)C(C)(C)C)o1. The van der Waals surface area contributed by atoms with E-state index >= 15 is 0 Å². The van der Waals surface area contributed by atoms with Crippen LogP contribution in [-0.4, -0.2) is 38.8 Å². The Balaban J connectivity index is 0.00000363. The summed E-state index contributed by atoms with van der Waals surface area (Å²) in [7, 11) is 3.26. The number of aryl methyl sites for hydroxylation is 1. The number of aromatic hydroxyl groups is 1. The smallest absolute Gasteiger partial charge is 0.258 e. The summed E-state index contributed by atoms with van der Waals surface area (Å²) in [5.41, 5.74) is 0.354. The first-order valence-electron chi connectivity index (χ1n) is 9.64. The zero-order chi connectivity index (χ0) is 22.9. The second-order valence-electron chi connectivity index (χ2n) is 8.50. The number of rotatable bonds is 6. The van der Waals surface area contributed by atoms with Gasteiger partial charge < -0.3 is 25.1 Å². The van der Waals surface area contributed by atoms with Gasteiger partial charge in [0.2, 0.25) is 0 Å². The van der Waals surface area contributed by atoms with Gasteiger partial charge in [-0.1, -0.05) is 28.2 Å². The van der Waals surface area contributed by atoms with Crippen molar-refractivity contribution in [3.05, 3.63) is 45.8 Å². The zero-order valence-electron chi connectivity index (χ0n) is 18.3. The number of amides is 1. The second-order valence-corrected chi connectivity index (χ2v) is 9.88. The number of nitrogens with zero attached hydrogens (tertiary/aromatic N) is 3. The van der Waals surface area contributed by atoms with Crippen molar-refractivity contribution >= 4 is 50.9 Å². The number of furan rings is 1. The van der Waals surface area contributed by atoms with Gasteiger partial charge in [0.05, 0.1) is 29.0 Å². The topological polar surface area (TPSA) is 104 Å². The first-order chi connectivity index (χ1) is 14.5. The number of hydrogen-bond donors (Lipinski definition) is 3. The van der Waals surface area contributed by atoms with Gasteiger partial charge in [0.1, 0.15) is 11.5 Å². The van der Waals surface area contributed by atoms with Crippen molar-refractivity contribution < 1.29 is 14.3 Å². The van der Waals surface area contributed by atoms with Gasteiger partial charge in [-0.05, 0) is 52.5 Å². The standard InChI is InChI=1S/C21H26BrN5O3S.CH4/c1-11-7-10-14(30-11)17(21(2,3)4)24-19-18(25-31-26-19)23-13-9-8-12(22)15(16(13)28)20(29)27(5)6;/h7-10,17,28H,1-6H3,(H,23,25)(H,24,26);1H4/t17-;/m0./s1. The number of carbonyl (C=O) groups is 1. The number of hydrogen-bond acceptors (Lipinski definition) is 8. The molecule has 2 aromatic heterocycles. The highest BCUT2D eigenvalue weighted by molar-refractivity contribution is 9.10. The Labute approximate surface area is 201 Å². The fraction of sp³-hybridized carbons (Fsp3) is 0.409. The molecule has 0 fully saturated rings. The van der Waals surface area contributed by atoms with Crippen LogP contribution in [0.1, 0.15) is 56.1 Å². The van der Waals surface area contributed by atoms with Crippen molar-refractivity contribution in [2.45, 2.75) is 41.2 Å². The van der Waals surface area contributed by atoms with Gasteiger partial charge in [-0.25, -0.2) is 0 Å². The highest BCUT2D eigenvalue weighted by Crippen LogP contribution is 2.40. The van der Waals surface area contributed by atoms with E-state index < -0.39 is 0 Å². The molecule has 32 heavy (non-hydrogen) atoms.